The molecule has 0 fully saturated rings. The number of benzene rings is 1. The maximum atomic E-state index is 10.5. The van der Waals surface area contributed by atoms with Crippen molar-refractivity contribution in [3.05, 3.63) is 44.1 Å². The van der Waals surface area contributed by atoms with Crippen LogP contribution in [0, 0.1) is 6.92 Å². The Morgan fingerprint density at radius 2 is 1.89 bits per heavy atom. The molecule has 1 unspecified atom stereocenters. The molecule has 5 heteroatoms. The molecule has 2 heterocycles. The van der Waals surface area contributed by atoms with Crippen LogP contribution in [-0.4, -0.2) is 18.3 Å². The van der Waals surface area contributed by atoms with Gasteiger partial charge in [0.1, 0.15) is 19.3 Å². The van der Waals surface area contributed by atoms with Crippen LogP contribution in [0.5, 0.6) is 11.5 Å². The highest BCUT2D eigenvalue weighted by Crippen LogP contribution is 2.40. The van der Waals surface area contributed by atoms with Crippen molar-refractivity contribution in [3.8, 4) is 11.5 Å². The third-order valence-electron chi connectivity index (χ3n) is 2.99. The summed E-state index contributed by atoms with van der Waals surface area (Å²) in [6, 6.07) is 7.66. The first-order valence-corrected chi connectivity index (χ1v) is 7.59. The smallest absolute Gasteiger partial charge is 0.162 e. The van der Waals surface area contributed by atoms with E-state index in [-0.39, 0.29) is 0 Å². The van der Waals surface area contributed by atoms with Crippen molar-refractivity contribution in [3.63, 3.8) is 0 Å². The van der Waals surface area contributed by atoms with Crippen LogP contribution in [0.15, 0.2) is 28.7 Å². The maximum Gasteiger partial charge on any atom is 0.162 e. The quantitative estimate of drug-likeness (QED) is 0.906. The van der Waals surface area contributed by atoms with Crippen LogP contribution in [-0.2, 0) is 0 Å². The van der Waals surface area contributed by atoms with Crippen molar-refractivity contribution in [2.45, 2.75) is 13.0 Å². The number of aliphatic hydroxyl groups excluding tert-OH is 1. The van der Waals surface area contributed by atoms with Gasteiger partial charge in [-0.25, -0.2) is 0 Å². The van der Waals surface area contributed by atoms with Crippen LogP contribution in [0.3, 0.4) is 0 Å². The van der Waals surface area contributed by atoms with Crippen LogP contribution in [0.2, 0.25) is 0 Å². The van der Waals surface area contributed by atoms with Gasteiger partial charge in [0.2, 0.25) is 0 Å². The summed E-state index contributed by atoms with van der Waals surface area (Å²) in [5.41, 5.74) is 0.797. The zero-order chi connectivity index (χ0) is 13.4. The molecule has 1 aliphatic rings. The van der Waals surface area contributed by atoms with Crippen LogP contribution in [0.25, 0.3) is 0 Å². The zero-order valence-corrected chi connectivity index (χ0v) is 12.8. The molecule has 0 bridgehead atoms. The van der Waals surface area contributed by atoms with Gasteiger partial charge in [0.05, 0.1) is 0 Å². The normalized spacial score (nSPS) is 15.3. The van der Waals surface area contributed by atoms with E-state index in [1.807, 2.05) is 31.2 Å². The molecule has 0 aliphatic carbocycles. The number of hydrogen-bond acceptors (Lipinski definition) is 4. The van der Waals surface area contributed by atoms with Crippen LogP contribution < -0.4 is 9.47 Å². The average Bonchev–Trinajstić information content (AvgIpc) is 2.84. The number of hydrogen-bond donors (Lipinski definition) is 1. The summed E-state index contributed by atoms with van der Waals surface area (Å²) in [6.45, 7) is 3.13. The van der Waals surface area contributed by atoms with Gasteiger partial charge in [-0.1, -0.05) is 15.9 Å². The Labute approximate surface area is 123 Å². The highest BCUT2D eigenvalue weighted by molar-refractivity contribution is 9.10. The number of aliphatic hydroxyl groups is 1. The number of thiophene rings is 1. The molecule has 1 aliphatic heterocycles. The number of ether oxygens (including phenoxy) is 2. The minimum Gasteiger partial charge on any atom is -0.486 e. The van der Waals surface area contributed by atoms with Gasteiger partial charge in [0.15, 0.2) is 11.5 Å². The van der Waals surface area contributed by atoms with Gasteiger partial charge in [0.25, 0.3) is 0 Å². The minimum atomic E-state index is -0.649. The van der Waals surface area contributed by atoms with E-state index < -0.39 is 6.10 Å². The molecule has 2 aromatic rings. The fourth-order valence-corrected chi connectivity index (χ4v) is 3.46. The number of aryl methyl sites for hydroxylation is 1. The second-order valence-corrected chi connectivity index (χ2v) is 6.54. The third-order valence-corrected chi connectivity index (χ3v) is 4.73. The number of rotatable bonds is 2. The monoisotopic (exact) mass is 340 g/mol. The fourth-order valence-electron chi connectivity index (χ4n) is 2.04. The topological polar surface area (TPSA) is 38.7 Å². The van der Waals surface area contributed by atoms with Crippen LogP contribution >= 0.6 is 27.3 Å². The Bertz CT molecular complexity index is 609. The van der Waals surface area contributed by atoms with Crippen molar-refractivity contribution >= 4 is 27.3 Å². The van der Waals surface area contributed by atoms with E-state index in [1.165, 1.54) is 4.88 Å². The second kappa shape index (κ2) is 5.15. The Balaban J connectivity index is 2.00. The molecule has 0 saturated heterocycles. The summed E-state index contributed by atoms with van der Waals surface area (Å²) < 4.78 is 11.9. The summed E-state index contributed by atoms with van der Waals surface area (Å²) >= 11 is 5.08. The van der Waals surface area contributed by atoms with Crippen molar-refractivity contribution in [1.29, 1.82) is 0 Å². The molecule has 0 spiro atoms. The molecule has 1 N–H and O–H groups in total. The minimum absolute atomic E-state index is 0.544. The van der Waals surface area contributed by atoms with E-state index in [2.05, 4.69) is 15.9 Å². The van der Waals surface area contributed by atoms with Gasteiger partial charge in [-0.2, -0.15) is 0 Å². The van der Waals surface area contributed by atoms with Crippen molar-refractivity contribution < 1.29 is 14.6 Å². The van der Waals surface area contributed by atoms with Crippen molar-refractivity contribution in [1.82, 2.24) is 0 Å². The molecule has 1 aromatic heterocycles. The Kier molecular flexibility index (Phi) is 3.52. The molecule has 3 nitrogen and oxygen atoms in total. The first-order valence-electron chi connectivity index (χ1n) is 5.98. The molecule has 0 amide bonds. The summed E-state index contributed by atoms with van der Waals surface area (Å²) in [5.74, 6) is 1.41. The lowest BCUT2D eigenvalue weighted by Gasteiger charge is -2.21. The Morgan fingerprint density at radius 3 is 2.53 bits per heavy atom. The Morgan fingerprint density at radius 1 is 1.21 bits per heavy atom. The predicted octanol–water partition coefficient (Wildman–Crippen LogP) is 3.67. The van der Waals surface area contributed by atoms with Gasteiger partial charge in [0, 0.05) is 19.8 Å². The molecule has 1 aromatic carbocycles. The fraction of sp³-hybridized carbons (Fsp3) is 0.286. The van der Waals surface area contributed by atoms with Gasteiger partial charge in [-0.15, -0.1) is 11.3 Å². The molecule has 3 rings (SSSR count). The maximum absolute atomic E-state index is 10.5. The predicted molar refractivity (Wildman–Crippen MR) is 78.2 cm³/mol. The van der Waals surface area contributed by atoms with E-state index >= 15 is 0 Å². The lowest BCUT2D eigenvalue weighted by Crippen LogP contribution is -2.16. The lowest BCUT2D eigenvalue weighted by atomic mass is 10.1. The highest BCUT2D eigenvalue weighted by Gasteiger charge is 2.20. The number of halogens is 1. The molecular weight excluding hydrogens is 328 g/mol. The lowest BCUT2D eigenvalue weighted by molar-refractivity contribution is 0.169. The van der Waals surface area contributed by atoms with E-state index in [0.717, 1.165) is 20.7 Å². The number of fused-ring (bicyclic) bond motifs is 1. The third kappa shape index (κ3) is 2.50. The molecule has 100 valence electrons. The van der Waals surface area contributed by atoms with Gasteiger partial charge in [-0.3, -0.25) is 0 Å². The van der Waals surface area contributed by atoms with Gasteiger partial charge < -0.3 is 14.6 Å². The molecule has 0 saturated carbocycles. The molecular formula is C14H13BrO3S. The first kappa shape index (κ1) is 13.0. The SMILES string of the molecule is Cc1ccc(C(O)c2cc3c(cc2Br)OCCO3)s1. The standard InChI is InChI=1S/C14H13BrO3S/c1-8-2-3-13(19-8)14(16)9-6-11-12(7-10(9)15)18-5-4-17-11/h2-3,6-7,14,16H,4-5H2,1H3. The average molecular weight is 341 g/mol. The van der Waals surface area contributed by atoms with Gasteiger partial charge in [-0.05, 0) is 31.2 Å². The summed E-state index contributed by atoms with van der Waals surface area (Å²) in [7, 11) is 0. The summed E-state index contributed by atoms with van der Waals surface area (Å²) in [6.07, 6.45) is -0.649. The van der Waals surface area contributed by atoms with Crippen molar-refractivity contribution in [2.75, 3.05) is 13.2 Å². The summed E-state index contributed by atoms with van der Waals surface area (Å²) in [5, 5.41) is 10.5. The molecule has 0 radical (unpaired) electrons. The van der Waals surface area contributed by atoms with E-state index in [4.69, 9.17) is 9.47 Å². The summed E-state index contributed by atoms with van der Waals surface area (Å²) in [4.78, 5) is 2.11. The van der Waals surface area contributed by atoms with E-state index in [1.54, 1.807) is 11.3 Å². The highest BCUT2D eigenvalue weighted by atomic mass is 79.9. The largest absolute Gasteiger partial charge is 0.486 e. The van der Waals surface area contributed by atoms with E-state index in [9.17, 15) is 5.11 Å². The van der Waals surface area contributed by atoms with Gasteiger partial charge >= 0.3 is 0 Å². The van der Waals surface area contributed by atoms with Crippen molar-refractivity contribution in [2.24, 2.45) is 0 Å². The molecule has 19 heavy (non-hydrogen) atoms. The van der Waals surface area contributed by atoms with Crippen LogP contribution in [0.4, 0.5) is 0 Å². The van der Waals surface area contributed by atoms with E-state index in [0.29, 0.717) is 19.0 Å². The van der Waals surface area contributed by atoms with Crippen LogP contribution in [0.1, 0.15) is 21.4 Å². The zero-order valence-electron chi connectivity index (χ0n) is 10.4. The first-order chi connectivity index (χ1) is 9.15. The Hall–Kier alpha value is -1.04. The second-order valence-electron chi connectivity index (χ2n) is 4.37. The molecule has 1 atom stereocenters.